The summed E-state index contributed by atoms with van der Waals surface area (Å²) in [6, 6.07) is 0.689. The lowest BCUT2D eigenvalue weighted by atomic mass is 10.00. The topological polar surface area (TPSA) is 58.7 Å². The molecule has 4 nitrogen and oxygen atoms in total. The lowest BCUT2D eigenvalue weighted by Crippen LogP contribution is -2.58. The molecule has 0 aromatic rings. The average molecular weight is 228 g/mol. The van der Waals surface area contributed by atoms with Crippen LogP contribution in [0.5, 0.6) is 0 Å². The molecule has 3 unspecified atom stereocenters. The van der Waals surface area contributed by atoms with Crippen molar-refractivity contribution in [3.63, 3.8) is 0 Å². The first kappa shape index (κ1) is 12.3. The van der Waals surface area contributed by atoms with Crippen LogP contribution in [0.4, 0.5) is 0 Å². The van der Waals surface area contributed by atoms with Gasteiger partial charge in [0.2, 0.25) is 0 Å². The Kier molecular flexibility index (Phi) is 4.19. The summed E-state index contributed by atoms with van der Waals surface area (Å²) in [5.74, 6) is 0.637. The zero-order valence-corrected chi connectivity index (χ0v) is 10.1. The molecule has 0 aromatic carbocycles. The minimum atomic E-state index is 0.126. The van der Waals surface area contributed by atoms with Gasteiger partial charge in [-0.1, -0.05) is 6.92 Å². The summed E-state index contributed by atoms with van der Waals surface area (Å²) in [5.41, 5.74) is 6.24. The standard InChI is InChI=1S/C12H24N2O2/c1-2-10-8-16-6-5-14(10)11(7-15)12(13)9-3-4-9/h9-12,15H,2-8,13H2,1H3. The molecule has 1 saturated carbocycles. The molecule has 3 N–H and O–H groups in total. The minimum Gasteiger partial charge on any atom is -0.395 e. The molecule has 3 atom stereocenters. The number of ether oxygens (including phenoxy) is 1. The van der Waals surface area contributed by atoms with Crippen molar-refractivity contribution >= 4 is 0 Å². The first-order valence-corrected chi connectivity index (χ1v) is 6.47. The Balaban J connectivity index is 1.99. The van der Waals surface area contributed by atoms with E-state index >= 15 is 0 Å². The predicted molar refractivity (Wildman–Crippen MR) is 63.2 cm³/mol. The van der Waals surface area contributed by atoms with Gasteiger partial charge in [-0.15, -0.1) is 0 Å². The van der Waals surface area contributed by atoms with Gasteiger partial charge < -0.3 is 15.6 Å². The van der Waals surface area contributed by atoms with Gasteiger partial charge in [-0.3, -0.25) is 4.90 Å². The van der Waals surface area contributed by atoms with Crippen LogP contribution < -0.4 is 5.73 Å². The highest BCUT2D eigenvalue weighted by molar-refractivity contribution is 4.95. The molecule has 1 aliphatic heterocycles. The molecular formula is C12H24N2O2. The molecular weight excluding hydrogens is 204 g/mol. The van der Waals surface area contributed by atoms with Crippen molar-refractivity contribution in [3.05, 3.63) is 0 Å². The maximum Gasteiger partial charge on any atom is 0.0622 e. The van der Waals surface area contributed by atoms with E-state index in [0.717, 1.165) is 26.2 Å². The third-order valence-electron chi connectivity index (χ3n) is 3.97. The van der Waals surface area contributed by atoms with Crippen molar-refractivity contribution in [1.29, 1.82) is 0 Å². The molecule has 1 saturated heterocycles. The number of hydrogen-bond donors (Lipinski definition) is 2. The fourth-order valence-corrected chi connectivity index (χ4v) is 2.70. The van der Waals surface area contributed by atoms with Crippen LogP contribution in [0, 0.1) is 5.92 Å². The summed E-state index contributed by atoms with van der Waals surface area (Å²) in [5, 5.41) is 9.58. The maximum absolute atomic E-state index is 9.58. The van der Waals surface area contributed by atoms with Crippen molar-refractivity contribution in [3.8, 4) is 0 Å². The number of nitrogens with two attached hydrogens (primary N) is 1. The van der Waals surface area contributed by atoms with Gasteiger partial charge in [0.1, 0.15) is 0 Å². The monoisotopic (exact) mass is 228 g/mol. The Hall–Kier alpha value is -0.160. The molecule has 1 aliphatic carbocycles. The first-order valence-electron chi connectivity index (χ1n) is 6.47. The second-order valence-corrected chi connectivity index (χ2v) is 5.04. The highest BCUT2D eigenvalue weighted by Gasteiger charge is 2.38. The van der Waals surface area contributed by atoms with Crippen LogP contribution in [-0.4, -0.2) is 54.5 Å². The summed E-state index contributed by atoms with van der Waals surface area (Å²) >= 11 is 0. The van der Waals surface area contributed by atoms with Crippen LogP contribution in [0.15, 0.2) is 0 Å². The van der Waals surface area contributed by atoms with E-state index in [4.69, 9.17) is 10.5 Å². The van der Waals surface area contributed by atoms with E-state index in [2.05, 4.69) is 11.8 Å². The van der Waals surface area contributed by atoms with E-state index in [1.165, 1.54) is 12.8 Å². The quantitative estimate of drug-likeness (QED) is 0.705. The molecule has 0 radical (unpaired) electrons. The number of aliphatic hydroxyl groups excluding tert-OH is 1. The van der Waals surface area contributed by atoms with E-state index < -0.39 is 0 Å². The van der Waals surface area contributed by atoms with Crippen molar-refractivity contribution in [1.82, 2.24) is 4.90 Å². The lowest BCUT2D eigenvalue weighted by molar-refractivity contribution is -0.0479. The number of rotatable bonds is 5. The fourth-order valence-electron chi connectivity index (χ4n) is 2.70. The molecule has 1 heterocycles. The summed E-state index contributed by atoms with van der Waals surface area (Å²) in [4.78, 5) is 2.37. The zero-order valence-electron chi connectivity index (χ0n) is 10.1. The molecule has 2 fully saturated rings. The Morgan fingerprint density at radius 2 is 2.25 bits per heavy atom. The van der Waals surface area contributed by atoms with Gasteiger partial charge in [-0.05, 0) is 25.2 Å². The minimum absolute atomic E-state index is 0.126. The Labute approximate surface area is 97.7 Å². The average Bonchev–Trinajstić information content (AvgIpc) is 3.14. The van der Waals surface area contributed by atoms with E-state index in [1.807, 2.05) is 0 Å². The van der Waals surface area contributed by atoms with Gasteiger partial charge in [-0.2, -0.15) is 0 Å². The number of morpholine rings is 1. The van der Waals surface area contributed by atoms with Crippen LogP contribution in [0.25, 0.3) is 0 Å². The highest BCUT2D eigenvalue weighted by Crippen LogP contribution is 2.34. The van der Waals surface area contributed by atoms with Crippen molar-refractivity contribution in [2.45, 2.75) is 44.3 Å². The van der Waals surface area contributed by atoms with Crippen molar-refractivity contribution < 1.29 is 9.84 Å². The van der Waals surface area contributed by atoms with Gasteiger partial charge in [0.05, 0.1) is 19.8 Å². The zero-order chi connectivity index (χ0) is 11.5. The SMILES string of the molecule is CCC1COCCN1C(CO)C(N)C1CC1. The lowest BCUT2D eigenvalue weighted by Gasteiger charge is -2.42. The smallest absolute Gasteiger partial charge is 0.0622 e. The van der Waals surface area contributed by atoms with E-state index in [9.17, 15) is 5.11 Å². The molecule has 94 valence electrons. The van der Waals surface area contributed by atoms with Gasteiger partial charge >= 0.3 is 0 Å². The molecule has 2 rings (SSSR count). The Bertz CT molecular complexity index is 219. The molecule has 16 heavy (non-hydrogen) atoms. The van der Waals surface area contributed by atoms with E-state index in [-0.39, 0.29) is 18.7 Å². The normalized spacial score (nSPS) is 31.3. The molecule has 0 spiro atoms. The third kappa shape index (κ3) is 2.56. The van der Waals surface area contributed by atoms with Gasteiger partial charge in [-0.25, -0.2) is 0 Å². The summed E-state index contributed by atoms with van der Waals surface area (Å²) in [6.45, 7) is 4.80. The van der Waals surface area contributed by atoms with Gasteiger partial charge in [0, 0.05) is 24.7 Å². The van der Waals surface area contributed by atoms with Crippen molar-refractivity contribution in [2.75, 3.05) is 26.4 Å². The largest absolute Gasteiger partial charge is 0.395 e. The molecule has 0 aromatic heterocycles. The second-order valence-electron chi connectivity index (χ2n) is 5.04. The van der Waals surface area contributed by atoms with E-state index in [0.29, 0.717) is 12.0 Å². The van der Waals surface area contributed by atoms with Gasteiger partial charge in [0.25, 0.3) is 0 Å². The predicted octanol–water partition coefficient (Wildman–Crippen LogP) is 0.195. The van der Waals surface area contributed by atoms with E-state index in [1.54, 1.807) is 0 Å². The van der Waals surface area contributed by atoms with Gasteiger partial charge in [0.15, 0.2) is 0 Å². The maximum atomic E-state index is 9.58. The number of aliphatic hydroxyl groups is 1. The van der Waals surface area contributed by atoms with Crippen LogP contribution in [0.3, 0.4) is 0 Å². The summed E-state index contributed by atoms with van der Waals surface area (Å²) in [6.07, 6.45) is 3.53. The Morgan fingerprint density at radius 1 is 1.50 bits per heavy atom. The summed E-state index contributed by atoms with van der Waals surface area (Å²) < 4.78 is 5.49. The number of hydrogen-bond acceptors (Lipinski definition) is 4. The highest BCUT2D eigenvalue weighted by atomic mass is 16.5. The van der Waals surface area contributed by atoms with Crippen molar-refractivity contribution in [2.24, 2.45) is 11.7 Å². The summed E-state index contributed by atoms with van der Waals surface area (Å²) in [7, 11) is 0. The molecule has 4 heteroatoms. The molecule has 2 aliphatic rings. The Morgan fingerprint density at radius 3 is 2.81 bits per heavy atom. The fraction of sp³-hybridized carbons (Fsp3) is 1.00. The van der Waals surface area contributed by atoms with Crippen LogP contribution in [0.2, 0.25) is 0 Å². The second kappa shape index (κ2) is 5.45. The molecule has 0 amide bonds. The third-order valence-corrected chi connectivity index (χ3v) is 3.97. The first-order chi connectivity index (χ1) is 7.77. The van der Waals surface area contributed by atoms with Crippen LogP contribution >= 0.6 is 0 Å². The van der Waals surface area contributed by atoms with Crippen LogP contribution in [-0.2, 0) is 4.74 Å². The van der Waals surface area contributed by atoms with Crippen LogP contribution in [0.1, 0.15) is 26.2 Å². The number of nitrogens with zero attached hydrogens (tertiary/aromatic N) is 1. The molecule has 0 bridgehead atoms.